The second kappa shape index (κ2) is 3.04. The van der Waals surface area contributed by atoms with Gasteiger partial charge in [-0.3, -0.25) is 23.4 Å². The molecule has 0 aliphatic carbocycles. The Labute approximate surface area is 113 Å². The first-order chi connectivity index (χ1) is 9.77. The summed E-state index contributed by atoms with van der Waals surface area (Å²) in [6, 6.07) is 10.9. The lowest BCUT2D eigenvalue weighted by Gasteiger charge is -2.21. The van der Waals surface area contributed by atoms with E-state index in [9.17, 15) is 9.59 Å². The number of benzene rings is 1. The molecule has 94 valence electrons. The Hall–Kier alpha value is -2.76. The standard InChI is InChI=1S/C14H8BN3O2/c19-12-6-8-17-11-5-7-16-13(11)15(18(12)17)10-4-2-1-3-9(10)14(16)20/h1-8H. The van der Waals surface area contributed by atoms with Crippen molar-refractivity contribution in [1.29, 1.82) is 0 Å². The summed E-state index contributed by atoms with van der Waals surface area (Å²) in [5.74, 6) is -0.0306. The molecule has 5 nitrogen and oxygen atoms in total. The Bertz CT molecular complexity index is 963. The molecule has 0 N–H and O–H groups in total. The van der Waals surface area contributed by atoms with Crippen LogP contribution in [0.15, 0.2) is 53.6 Å². The quantitative estimate of drug-likeness (QED) is 0.350. The second-order valence-corrected chi connectivity index (χ2v) is 5.09. The van der Waals surface area contributed by atoms with Gasteiger partial charge in [0.15, 0.2) is 0 Å². The molecule has 3 aromatic rings. The van der Waals surface area contributed by atoms with Gasteiger partial charge in [0, 0.05) is 24.0 Å². The highest BCUT2D eigenvalue weighted by atomic mass is 16.2. The minimum atomic E-state index is -0.212. The topological polar surface area (TPSA) is 48.9 Å². The molecule has 20 heavy (non-hydrogen) atoms. The van der Waals surface area contributed by atoms with Crippen molar-refractivity contribution in [2.75, 3.05) is 0 Å². The fourth-order valence-corrected chi connectivity index (χ4v) is 3.37. The van der Waals surface area contributed by atoms with E-state index in [1.54, 1.807) is 27.6 Å². The lowest BCUT2D eigenvalue weighted by Crippen LogP contribution is -2.58. The van der Waals surface area contributed by atoms with Crippen molar-refractivity contribution in [1.82, 2.24) is 13.8 Å². The Morgan fingerprint density at radius 1 is 0.950 bits per heavy atom. The van der Waals surface area contributed by atoms with Crippen molar-refractivity contribution >= 4 is 23.8 Å². The van der Waals surface area contributed by atoms with Gasteiger partial charge in [-0.25, -0.2) is 0 Å². The van der Waals surface area contributed by atoms with Crippen LogP contribution in [0.25, 0.3) is 5.69 Å². The van der Waals surface area contributed by atoms with E-state index >= 15 is 0 Å². The summed E-state index contributed by atoms with van der Waals surface area (Å²) in [5.41, 5.74) is 3.28. The van der Waals surface area contributed by atoms with E-state index in [4.69, 9.17) is 0 Å². The minimum Gasteiger partial charge on any atom is -0.291 e. The molecular formula is C14H8BN3O2. The fraction of sp³-hybridized carbons (Fsp3) is 0. The van der Waals surface area contributed by atoms with Crippen molar-refractivity contribution in [3.63, 3.8) is 0 Å². The van der Waals surface area contributed by atoms with Crippen molar-refractivity contribution in [2.45, 2.75) is 0 Å². The van der Waals surface area contributed by atoms with Crippen LogP contribution >= 0.6 is 0 Å². The van der Waals surface area contributed by atoms with Gasteiger partial charge in [0.2, 0.25) is 0 Å². The van der Waals surface area contributed by atoms with Crippen LogP contribution in [0.4, 0.5) is 0 Å². The largest absolute Gasteiger partial charge is 0.371 e. The Kier molecular flexibility index (Phi) is 1.53. The molecule has 0 unspecified atom stereocenters. The number of carbonyl (C=O) groups is 1. The highest BCUT2D eigenvalue weighted by Crippen LogP contribution is 2.19. The molecule has 4 heterocycles. The average molecular weight is 261 g/mol. The number of nitrogens with zero attached hydrogens (tertiary/aromatic N) is 3. The van der Waals surface area contributed by atoms with E-state index in [1.807, 2.05) is 35.0 Å². The minimum absolute atomic E-state index is 0.0306. The highest BCUT2D eigenvalue weighted by molar-refractivity contribution is 6.86. The van der Waals surface area contributed by atoms with Gasteiger partial charge in [0.25, 0.3) is 11.5 Å². The Balaban J connectivity index is 1.99. The summed E-state index contributed by atoms with van der Waals surface area (Å²) in [7, 11) is 0. The number of hydrogen-bond acceptors (Lipinski definition) is 2. The number of carbonyl (C=O) groups excluding carboxylic acids is 1. The monoisotopic (exact) mass is 261 g/mol. The lowest BCUT2D eigenvalue weighted by atomic mass is 9.51. The maximum absolute atomic E-state index is 12.5. The van der Waals surface area contributed by atoms with Crippen molar-refractivity contribution in [2.24, 2.45) is 0 Å². The summed E-state index contributed by atoms with van der Waals surface area (Å²) in [6.07, 6.45) is 3.54. The van der Waals surface area contributed by atoms with Gasteiger partial charge in [-0.1, -0.05) is 18.2 Å². The zero-order valence-electron chi connectivity index (χ0n) is 10.4. The molecule has 0 fully saturated rings. The third-order valence-corrected chi connectivity index (χ3v) is 4.17. The first-order valence-electron chi connectivity index (χ1n) is 6.43. The van der Waals surface area contributed by atoms with Gasteiger partial charge in [0.1, 0.15) is 0 Å². The van der Waals surface area contributed by atoms with Gasteiger partial charge in [-0.15, -0.1) is 0 Å². The van der Waals surface area contributed by atoms with Crippen molar-refractivity contribution < 1.29 is 4.79 Å². The molecule has 0 bridgehead atoms. The zero-order valence-corrected chi connectivity index (χ0v) is 10.4. The van der Waals surface area contributed by atoms with Gasteiger partial charge in [-0.05, 0) is 17.6 Å². The number of rotatable bonds is 0. The van der Waals surface area contributed by atoms with E-state index in [0.29, 0.717) is 5.56 Å². The molecule has 5 rings (SSSR count). The van der Waals surface area contributed by atoms with Gasteiger partial charge in [-0.2, -0.15) is 0 Å². The first kappa shape index (κ1) is 10.1. The molecule has 1 aromatic carbocycles. The Morgan fingerprint density at radius 2 is 1.80 bits per heavy atom. The lowest BCUT2D eigenvalue weighted by molar-refractivity contribution is 0.0963. The van der Waals surface area contributed by atoms with E-state index in [-0.39, 0.29) is 18.3 Å². The maximum atomic E-state index is 12.5. The fourth-order valence-electron chi connectivity index (χ4n) is 3.37. The molecule has 2 aliphatic rings. The molecule has 0 radical (unpaired) electrons. The van der Waals surface area contributed by atoms with Crippen LogP contribution in [0, 0.1) is 0 Å². The van der Waals surface area contributed by atoms with Gasteiger partial charge < -0.3 is 0 Å². The Morgan fingerprint density at radius 3 is 2.70 bits per heavy atom. The molecule has 0 spiro atoms. The van der Waals surface area contributed by atoms with Crippen LogP contribution in [0.5, 0.6) is 0 Å². The summed E-state index contributed by atoms with van der Waals surface area (Å²) in [6.45, 7) is -0.212. The van der Waals surface area contributed by atoms with Crippen molar-refractivity contribution in [3.05, 3.63) is 64.7 Å². The van der Waals surface area contributed by atoms with E-state index < -0.39 is 0 Å². The SMILES string of the molecule is O=C1c2ccccc2B2c3c(ccn31)-n1ccc(=O)n12. The van der Waals surface area contributed by atoms with E-state index in [1.165, 1.54) is 0 Å². The van der Waals surface area contributed by atoms with Crippen LogP contribution in [0.3, 0.4) is 0 Å². The predicted octanol–water partition coefficient (Wildman–Crippen LogP) is -0.590. The second-order valence-electron chi connectivity index (χ2n) is 5.09. The number of fused-ring (bicyclic) bond motifs is 5. The molecule has 0 atom stereocenters. The van der Waals surface area contributed by atoms with Gasteiger partial charge in [0.05, 0.1) is 11.3 Å². The summed E-state index contributed by atoms with van der Waals surface area (Å²) >= 11 is 0. The predicted molar refractivity (Wildman–Crippen MR) is 74.6 cm³/mol. The smallest absolute Gasteiger partial charge is 0.291 e. The maximum Gasteiger partial charge on any atom is 0.371 e. The number of aromatic nitrogens is 3. The summed E-state index contributed by atoms with van der Waals surface area (Å²) in [5, 5.41) is 0. The van der Waals surface area contributed by atoms with Crippen LogP contribution < -0.4 is 16.6 Å². The zero-order chi connectivity index (χ0) is 13.4. The van der Waals surface area contributed by atoms with Crippen LogP contribution in [0.1, 0.15) is 10.4 Å². The molecule has 0 amide bonds. The normalized spacial score (nSPS) is 14.2. The molecule has 2 aliphatic heterocycles. The summed E-state index contributed by atoms with van der Waals surface area (Å²) < 4.78 is 5.18. The van der Waals surface area contributed by atoms with Crippen molar-refractivity contribution in [3.8, 4) is 5.69 Å². The third kappa shape index (κ3) is 0.912. The van der Waals surface area contributed by atoms with E-state index in [2.05, 4.69) is 0 Å². The van der Waals surface area contributed by atoms with Gasteiger partial charge >= 0.3 is 6.85 Å². The van der Waals surface area contributed by atoms with E-state index in [0.717, 1.165) is 16.7 Å². The molecular weight excluding hydrogens is 253 g/mol. The summed E-state index contributed by atoms with van der Waals surface area (Å²) in [4.78, 5) is 24.6. The number of hydrogen-bond donors (Lipinski definition) is 0. The highest BCUT2D eigenvalue weighted by Gasteiger charge is 2.44. The third-order valence-electron chi connectivity index (χ3n) is 4.17. The van der Waals surface area contributed by atoms with Crippen LogP contribution in [0.2, 0.25) is 0 Å². The average Bonchev–Trinajstić information content (AvgIpc) is 3.11. The molecule has 0 saturated heterocycles. The molecule has 0 saturated carbocycles. The molecule has 6 heteroatoms. The first-order valence-corrected chi connectivity index (χ1v) is 6.43. The molecule has 2 aromatic heterocycles. The van der Waals surface area contributed by atoms with Crippen LogP contribution in [-0.4, -0.2) is 26.6 Å². The van der Waals surface area contributed by atoms with Crippen LogP contribution in [-0.2, 0) is 0 Å².